The Hall–Kier alpha value is -0.870. The normalized spacial score (nSPS) is 12.7. The van der Waals surface area contributed by atoms with Crippen LogP contribution in [0.2, 0.25) is 0 Å². The summed E-state index contributed by atoms with van der Waals surface area (Å²) in [6, 6.07) is 17.0. The highest BCUT2D eigenvalue weighted by Crippen LogP contribution is 2.22. The van der Waals surface area contributed by atoms with Crippen LogP contribution in [0.15, 0.2) is 48.5 Å². The van der Waals surface area contributed by atoms with Crippen molar-refractivity contribution in [1.29, 1.82) is 0 Å². The van der Waals surface area contributed by atoms with E-state index in [0.29, 0.717) is 5.92 Å². The first-order chi connectivity index (χ1) is 9.06. The molecule has 0 aromatic heterocycles. The maximum absolute atomic E-state index is 6.38. The Morgan fingerprint density at radius 1 is 1.00 bits per heavy atom. The fraction of sp³-hybridized carbons (Fsp3) is 0.294. The highest BCUT2D eigenvalue weighted by molar-refractivity contribution is 14.1. The molecule has 0 saturated carbocycles. The van der Waals surface area contributed by atoms with Gasteiger partial charge in [-0.05, 0) is 63.8 Å². The Morgan fingerprint density at radius 2 is 1.63 bits per heavy atom. The van der Waals surface area contributed by atoms with E-state index in [9.17, 15) is 0 Å². The molecule has 1 atom stereocenters. The van der Waals surface area contributed by atoms with Crippen molar-refractivity contribution in [2.24, 2.45) is 11.7 Å². The first-order valence-corrected chi connectivity index (χ1v) is 7.74. The minimum absolute atomic E-state index is 0.0400. The number of benzene rings is 2. The summed E-state index contributed by atoms with van der Waals surface area (Å²) in [6.45, 7) is 4.48. The first kappa shape index (κ1) is 14.5. The molecule has 2 N–H and O–H groups in total. The molecule has 100 valence electrons. The van der Waals surface area contributed by atoms with Gasteiger partial charge in [-0.25, -0.2) is 0 Å². The number of halogens is 1. The van der Waals surface area contributed by atoms with Gasteiger partial charge in [0.1, 0.15) is 0 Å². The molecular formula is C17H20IN. The molecule has 0 saturated heterocycles. The lowest BCUT2D eigenvalue weighted by atomic mass is 9.95. The molecule has 0 aliphatic rings. The number of rotatable bonds is 4. The van der Waals surface area contributed by atoms with E-state index in [1.54, 1.807) is 0 Å². The third-order valence-corrected chi connectivity index (χ3v) is 3.83. The third-order valence-electron chi connectivity index (χ3n) is 3.16. The predicted molar refractivity (Wildman–Crippen MR) is 90.2 cm³/mol. The highest BCUT2D eigenvalue weighted by Gasteiger charge is 2.10. The second-order valence-electron chi connectivity index (χ2n) is 5.38. The summed E-state index contributed by atoms with van der Waals surface area (Å²) in [5.74, 6) is 0.671. The van der Waals surface area contributed by atoms with Crippen molar-refractivity contribution in [2.75, 3.05) is 0 Å². The Kier molecular flexibility index (Phi) is 4.99. The van der Waals surface area contributed by atoms with Crippen LogP contribution in [0.5, 0.6) is 0 Å². The predicted octanol–water partition coefficient (Wildman–Crippen LogP) is 4.54. The van der Waals surface area contributed by atoms with Crippen molar-refractivity contribution in [3.8, 4) is 0 Å². The van der Waals surface area contributed by atoms with Crippen molar-refractivity contribution in [1.82, 2.24) is 0 Å². The van der Waals surface area contributed by atoms with Gasteiger partial charge in [0.25, 0.3) is 0 Å². The van der Waals surface area contributed by atoms with Crippen molar-refractivity contribution in [3.05, 3.63) is 68.8 Å². The summed E-state index contributed by atoms with van der Waals surface area (Å²) in [5, 5.41) is 0. The molecule has 0 amide bonds. The fourth-order valence-corrected chi connectivity index (χ4v) is 2.84. The van der Waals surface area contributed by atoms with Crippen molar-refractivity contribution in [3.63, 3.8) is 0 Å². The van der Waals surface area contributed by atoms with Crippen LogP contribution < -0.4 is 5.73 Å². The molecule has 0 radical (unpaired) electrons. The molecule has 0 spiro atoms. The molecule has 0 bridgehead atoms. The summed E-state index contributed by atoms with van der Waals surface area (Å²) in [4.78, 5) is 0. The zero-order valence-corrected chi connectivity index (χ0v) is 13.6. The first-order valence-electron chi connectivity index (χ1n) is 6.66. The molecule has 2 heteroatoms. The maximum Gasteiger partial charge on any atom is 0.0552 e. The van der Waals surface area contributed by atoms with Crippen molar-refractivity contribution < 1.29 is 0 Å². The lowest BCUT2D eigenvalue weighted by Crippen LogP contribution is -2.12. The van der Waals surface area contributed by atoms with Gasteiger partial charge in [-0.1, -0.05) is 50.2 Å². The van der Waals surface area contributed by atoms with Crippen LogP contribution in [0.25, 0.3) is 0 Å². The van der Waals surface area contributed by atoms with E-state index in [1.165, 1.54) is 20.3 Å². The summed E-state index contributed by atoms with van der Waals surface area (Å²) >= 11 is 2.33. The smallest absolute Gasteiger partial charge is 0.0552 e. The average Bonchev–Trinajstić information content (AvgIpc) is 2.37. The van der Waals surface area contributed by atoms with Gasteiger partial charge in [0.05, 0.1) is 6.04 Å². The van der Waals surface area contributed by atoms with Crippen molar-refractivity contribution >= 4 is 22.6 Å². The minimum atomic E-state index is -0.0400. The molecule has 2 aromatic carbocycles. The SMILES string of the molecule is CC(C)Cc1cccc(C(N)c2cccc(I)c2)c1. The molecule has 1 unspecified atom stereocenters. The Morgan fingerprint density at radius 3 is 2.26 bits per heavy atom. The quantitative estimate of drug-likeness (QED) is 0.792. The lowest BCUT2D eigenvalue weighted by Gasteiger charge is -2.15. The molecule has 0 heterocycles. The van der Waals surface area contributed by atoms with Crippen LogP contribution in [-0.2, 0) is 6.42 Å². The molecule has 0 aliphatic carbocycles. The summed E-state index contributed by atoms with van der Waals surface area (Å²) in [5.41, 5.74) is 10.1. The largest absolute Gasteiger partial charge is 0.320 e. The van der Waals surface area contributed by atoms with Gasteiger partial charge in [0.2, 0.25) is 0 Å². The van der Waals surface area contributed by atoms with Crippen molar-refractivity contribution in [2.45, 2.75) is 26.3 Å². The molecule has 0 aliphatic heterocycles. The van der Waals surface area contributed by atoms with Crippen LogP contribution in [0, 0.1) is 9.49 Å². The topological polar surface area (TPSA) is 26.0 Å². The molecular weight excluding hydrogens is 345 g/mol. The summed E-state index contributed by atoms with van der Waals surface area (Å²) in [7, 11) is 0. The van der Waals surface area contributed by atoms with E-state index in [2.05, 4.69) is 85.0 Å². The number of hydrogen-bond acceptors (Lipinski definition) is 1. The monoisotopic (exact) mass is 365 g/mol. The number of nitrogens with two attached hydrogens (primary N) is 1. The second-order valence-corrected chi connectivity index (χ2v) is 6.62. The summed E-state index contributed by atoms with van der Waals surface area (Å²) < 4.78 is 1.23. The standard InChI is InChI=1S/C17H20IN/c1-12(2)9-13-5-3-6-14(10-13)17(19)15-7-4-8-16(18)11-15/h3-8,10-12,17H,9,19H2,1-2H3. The third kappa shape index (κ3) is 4.05. The molecule has 0 fully saturated rings. The second kappa shape index (κ2) is 6.53. The van der Waals surface area contributed by atoms with Gasteiger partial charge >= 0.3 is 0 Å². The minimum Gasteiger partial charge on any atom is -0.320 e. The van der Waals surface area contributed by atoms with Gasteiger partial charge in [0, 0.05) is 3.57 Å². The molecule has 2 rings (SSSR count). The van der Waals surface area contributed by atoms with Gasteiger partial charge in [-0.2, -0.15) is 0 Å². The fourth-order valence-electron chi connectivity index (χ4n) is 2.28. The average molecular weight is 365 g/mol. The number of hydrogen-bond donors (Lipinski definition) is 1. The highest BCUT2D eigenvalue weighted by atomic mass is 127. The van der Waals surface area contributed by atoms with Crippen LogP contribution in [-0.4, -0.2) is 0 Å². The Bertz CT molecular complexity index is 548. The van der Waals surface area contributed by atoms with Gasteiger partial charge in [-0.15, -0.1) is 0 Å². The zero-order valence-electron chi connectivity index (χ0n) is 11.4. The molecule has 19 heavy (non-hydrogen) atoms. The molecule has 2 aromatic rings. The van der Waals surface area contributed by atoms with Gasteiger partial charge in [0.15, 0.2) is 0 Å². The van der Waals surface area contributed by atoms with E-state index in [-0.39, 0.29) is 6.04 Å². The van der Waals surface area contributed by atoms with E-state index in [4.69, 9.17) is 5.73 Å². The summed E-state index contributed by atoms with van der Waals surface area (Å²) in [6.07, 6.45) is 1.10. The van der Waals surface area contributed by atoms with Gasteiger partial charge in [-0.3, -0.25) is 0 Å². The lowest BCUT2D eigenvalue weighted by molar-refractivity contribution is 0.646. The maximum atomic E-state index is 6.38. The van der Waals surface area contributed by atoms with Crippen LogP contribution in [0.4, 0.5) is 0 Å². The van der Waals surface area contributed by atoms with E-state index in [1.807, 2.05) is 0 Å². The zero-order chi connectivity index (χ0) is 13.8. The van der Waals surface area contributed by atoms with E-state index >= 15 is 0 Å². The van der Waals surface area contributed by atoms with Crippen LogP contribution in [0.1, 0.15) is 36.6 Å². The Labute approximate surface area is 129 Å². The van der Waals surface area contributed by atoms with Crippen LogP contribution in [0.3, 0.4) is 0 Å². The van der Waals surface area contributed by atoms with Crippen LogP contribution >= 0.6 is 22.6 Å². The molecule has 1 nitrogen and oxygen atoms in total. The van der Waals surface area contributed by atoms with E-state index in [0.717, 1.165) is 6.42 Å². The van der Waals surface area contributed by atoms with Gasteiger partial charge < -0.3 is 5.73 Å². The Balaban J connectivity index is 2.26. The van der Waals surface area contributed by atoms with E-state index < -0.39 is 0 Å².